The normalized spacial score (nSPS) is 24.1. The highest BCUT2D eigenvalue weighted by atomic mass is 16.7. The first-order valence-corrected chi connectivity index (χ1v) is 11.8. The van der Waals surface area contributed by atoms with E-state index in [1.165, 1.54) is 12.1 Å². The van der Waals surface area contributed by atoms with Gasteiger partial charge in [-0.25, -0.2) is 0 Å². The zero-order valence-electron chi connectivity index (χ0n) is 20.1. The van der Waals surface area contributed by atoms with E-state index in [1.807, 2.05) is 24.3 Å². The Hall–Kier alpha value is -2.99. The summed E-state index contributed by atoms with van der Waals surface area (Å²) >= 11 is 0. The zero-order valence-corrected chi connectivity index (χ0v) is 20.1. The number of carbonyl (C=O) groups excluding carboxylic acids is 1. The summed E-state index contributed by atoms with van der Waals surface area (Å²) in [5.41, 5.74) is 8.62. The summed E-state index contributed by atoms with van der Waals surface area (Å²) in [6.45, 7) is 2.27. The molecule has 0 aliphatic carbocycles. The number of hydrogen-bond donors (Lipinski definition) is 7. The van der Waals surface area contributed by atoms with E-state index in [2.05, 4.69) is 5.32 Å². The molecule has 1 aliphatic rings. The number of phenolic OH excluding ortho intramolecular Hbond substituents is 1. The summed E-state index contributed by atoms with van der Waals surface area (Å²) in [7, 11) is 0. The second-order valence-electron chi connectivity index (χ2n) is 8.74. The van der Waals surface area contributed by atoms with Crippen LogP contribution in [0.4, 0.5) is 0 Å². The first kappa shape index (κ1) is 27.6. The molecule has 0 aromatic heterocycles. The number of phenols is 1. The third-order valence-electron chi connectivity index (χ3n) is 5.98. The molecule has 10 heteroatoms. The molecule has 36 heavy (non-hydrogen) atoms. The van der Waals surface area contributed by atoms with E-state index < -0.39 is 37.3 Å². The number of carbonyl (C=O) groups is 1. The van der Waals surface area contributed by atoms with E-state index in [9.17, 15) is 30.3 Å². The highest BCUT2D eigenvalue weighted by Gasteiger charge is 2.45. The quantitative estimate of drug-likeness (QED) is 0.173. The van der Waals surface area contributed by atoms with Gasteiger partial charge in [-0.2, -0.15) is 0 Å². The number of amides is 1. The van der Waals surface area contributed by atoms with Gasteiger partial charge < -0.3 is 46.1 Å². The van der Waals surface area contributed by atoms with Gasteiger partial charge in [-0.1, -0.05) is 24.3 Å². The van der Waals surface area contributed by atoms with Crippen molar-refractivity contribution in [3.8, 4) is 11.5 Å². The van der Waals surface area contributed by atoms with Gasteiger partial charge in [0.1, 0.15) is 35.9 Å². The molecule has 5 atom stereocenters. The second kappa shape index (κ2) is 12.8. The van der Waals surface area contributed by atoms with Crippen LogP contribution in [0.2, 0.25) is 0 Å². The summed E-state index contributed by atoms with van der Waals surface area (Å²) in [6.07, 6.45) is -2.83. The van der Waals surface area contributed by atoms with Crippen LogP contribution < -0.4 is 15.8 Å². The van der Waals surface area contributed by atoms with Gasteiger partial charge in [-0.15, -0.1) is 0 Å². The second-order valence-corrected chi connectivity index (χ2v) is 8.74. The van der Waals surface area contributed by atoms with Gasteiger partial charge >= 0.3 is 0 Å². The minimum absolute atomic E-state index is 0.0546. The van der Waals surface area contributed by atoms with E-state index in [1.54, 1.807) is 19.1 Å². The zero-order chi connectivity index (χ0) is 26.2. The smallest absolute Gasteiger partial charge is 0.243 e. The number of nitrogens with one attached hydrogen (secondary N) is 1. The lowest BCUT2D eigenvalue weighted by Crippen LogP contribution is -2.60. The van der Waals surface area contributed by atoms with Crippen LogP contribution in [-0.2, 0) is 16.0 Å². The molecule has 1 fully saturated rings. The standard InChI is InChI=1S/C26H34N2O8/c1-15-11-18(30)13-20(35-26-25(34)24(33)23(32)21(14-29)36-26)19(15)12-17-5-3-16(4-6-17)7-8-22(31)28-10-2-9-27/h3-8,11,13,21,23-26,29-30,32-34H,2,9-10,12,14,27H2,1H3,(H,28,31)/b8-7+/t21-,23-,24+,25-,26-/m1/s1. The van der Waals surface area contributed by atoms with Crippen LogP contribution in [0.5, 0.6) is 11.5 Å². The Labute approximate surface area is 209 Å². The Morgan fingerprint density at radius 1 is 1.14 bits per heavy atom. The largest absolute Gasteiger partial charge is 0.508 e. The van der Waals surface area contributed by atoms with Crippen LogP contribution in [0.1, 0.15) is 28.7 Å². The molecule has 3 rings (SSSR count). The number of ether oxygens (including phenoxy) is 2. The van der Waals surface area contributed by atoms with Gasteiger partial charge in [0.25, 0.3) is 0 Å². The molecule has 0 saturated carbocycles. The van der Waals surface area contributed by atoms with Crippen molar-refractivity contribution < 1.29 is 39.8 Å². The first-order valence-electron chi connectivity index (χ1n) is 11.8. The van der Waals surface area contributed by atoms with Crippen LogP contribution >= 0.6 is 0 Å². The van der Waals surface area contributed by atoms with Crippen molar-refractivity contribution in [3.05, 3.63) is 64.7 Å². The number of benzene rings is 2. The van der Waals surface area contributed by atoms with Crippen molar-refractivity contribution in [2.75, 3.05) is 19.7 Å². The summed E-state index contributed by atoms with van der Waals surface area (Å²) in [6, 6.07) is 10.5. The topological polar surface area (TPSA) is 175 Å². The molecular formula is C26H34N2O8. The van der Waals surface area contributed by atoms with Crippen molar-refractivity contribution in [2.45, 2.75) is 50.5 Å². The third kappa shape index (κ3) is 7.03. The predicted molar refractivity (Wildman–Crippen MR) is 132 cm³/mol. The molecule has 8 N–H and O–H groups in total. The minimum Gasteiger partial charge on any atom is -0.508 e. The molecule has 2 aromatic carbocycles. The highest BCUT2D eigenvalue weighted by molar-refractivity contribution is 5.91. The average molecular weight is 503 g/mol. The van der Waals surface area contributed by atoms with E-state index >= 15 is 0 Å². The van der Waals surface area contributed by atoms with E-state index in [0.717, 1.165) is 16.7 Å². The van der Waals surface area contributed by atoms with Gasteiger partial charge in [0.2, 0.25) is 12.2 Å². The van der Waals surface area contributed by atoms with Crippen LogP contribution in [0.15, 0.2) is 42.5 Å². The van der Waals surface area contributed by atoms with Crippen molar-refractivity contribution >= 4 is 12.0 Å². The van der Waals surface area contributed by atoms with Crippen molar-refractivity contribution in [2.24, 2.45) is 5.73 Å². The number of aliphatic hydroxyl groups excluding tert-OH is 4. The highest BCUT2D eigenvalue weighted by Crippen LogP contribution is 2.33. The monoisotopic (exact) mass is 502 g/mol. The van der Waals surface area contributed by atoms with E-state index in [-0.39, 0.29) is 17.4 Å². The lowest BCUT2D eigenvalue weighted by atomic mass is 9.97. The maximum Gasteiger partial charge on any atom is 0.243 e. The van der Waals surface area contributed by atoms with Gasteiger partial charge in [0.05, 0.1) is 6.61 Å². The van der Waals surface area contributed by atoms with E-state index in [4.69, 9.17) is 15.2 Å². The fourth-order valence-electron chi connectivity index (χ4n) is 3.88. The molecule has 0 spiro atoms. The Balaban J connectivity index is 1.74. The number of aliphatic hydroxyl groups is 4. The van der Waals surface area contributed by atoms with Crippen molar-refractivity contribution in [1.29, 1.82) is 0 Å². The van der Waals surface area contributed by atoms with Crippen LogP contribution in [0.3, 0.4) is 0 Å². The molecule has 0 radical (unpaired) electrons. The Kier molecular flexibility index (Phi) is 9.82. The average Bonchev–Trinajstić information content (AvgIpc) is 2.86. The molecule has 0 unspecified atom stereocenters. The van der Waals surface area contributed by atoms with Crippen LogP contribution in [0.25, 0.3) is 6.08 Å². The number of rotatable bonds is 10. The van der Waals surface area contributed by atoms with Gasteiger partial charge in [-0.05, 0) is 48.7 Å². The lowest BCUT2D eigenvalue weighted by molar-refractivity contribution is -0.277. The van der Waals surface area contributed by atoms with Gasteiger partial charge in [-0.3, -0.25) is 4.79 Å². The summed E-state index contributed by atoms with van der Waals surface area (Å²) in [5.74, 6) is -0.0155. The van der Waals surface area contributed by atoms with Gasteiger partial charge in [0.15, 0.2) is 0 Å². The van der Waals surface area contributed by atoms with Crippen molar-refractivity contribution in [3.63, 3.8) is 0 Å². The number of aryl methyl sites for hydroxylation is 1. The predicted octanol–water partition coefficient (Wildman–Crippen LogP) is -0.0517. The van der Waals surface area contributed by atoms with E-state index in [0.29, 0.717) is 31.5 Å². The van der Waals surface area contributed by atoms with Gasteiger partial charge in [0, 0.05) is 30.7 Å². The number of nitrogens with two attached hydrogens (primary N) is 1. The van der Waals surface area contributed by atoms with Crippen LogP contribution in [0, 0.1) is 6.92 Å². The molecular weight excluding hydrogens is 468 g/mol. The molecule has 0 bridgehead atoms. The molecule has 2 aromatic rings. The molecule has 196 valence electrons. The fourth-order valence-corrected chi connectivity index (χ4v) is 3.88. The maximum absolute atomic E-state index is 11.8. The third-order valence-corrected chi connectivity index (χ3v) is 5.98. The Morgan fingerprint density at radius 3 is 2.53 bits per heavy atom. The lowest BCUT2D eigenvalue weighted by Gasteiger charge is -2.39. The summed E-state index contributed by atoms with van der Waals surface area (Å²) in [5, 5.41) is 52.7. The molecule has 10 nitrogen and oxygen atoms in total. The Morgan fingerprint density at radius 2 is 1.86 bits per heavy atom. The maximum atomic E-state index is 11.8. The molecule has 1 saturated heterocycles. The minimum atomic E-state index is -1.58. The summed E-state index contributed by atoms with van der Waals surface area (Å²) in [4.78, 5) is 11.8. The fraction of sp³-hybridized carbons (Fsp3) is 0.423. The molecule has 1 heterocycles. The SMILES string of the molecule is Cc1cc(O)cc(O[C@@H]2O[C@H](CO)[C@@H](O)[C@H](O)[C@H]2O)c1Cc1ccc(/C=C/C(=O)NCCCN)cc1. The molecule has 1 amide bonds. The number of aromatic hydroxyl groups is 1. The van der Waals surface area contributed by atoms with Crippen LogP contribution in [-0.4, -0.2) is 81.8 Å². The first-order chi connectivity index (χ1) is 17.2. The van der Waals surface area contributed by atoms with Crippen molar-refractivity contribution in [1.82, 2.24) is 5.32 Å². The Bertz CT molecular complexity index is 1040. The number of hydrogen-bond acceptors (Lipinski definition) is 9. The molecule has 1 aliphatic heterocycles. The summed E-state index contributed by atoms with van der Waals surface area (Å²) < 4.78 is 11.3.